The van der Waals surface area contributed by atoms with E-state index in [1.54, 1.807) is 11.8 Å². The molecule has 0 radical (unpaired) electrons. The largest absolute Gasteiger partial charge is 0.339 e. The summed E-state index contributed by atoms with van der Waals surface area (Å²) in [5.41, 5.74) is 0. The Labute approximate surface area is 80.3 Å². The summed E-state index contributed by atoms with van der Waals surface area (Å²) in [6, 6.07) is 2.20. The maximum atomic E-state index is 8.60. The van der Waals surface area contributed by atoms with E-state index in [0.29, 0.717) is 5.89 Å². The molecule has 1 heterocycles. The van der Waals surface area contributed by atoms with Crippen LogP contribution in [-0.2, 0) is 5.75 Å². The van der Waals surface area contributed by atoms with Crippen LogP contribution in [0.1, 0.15) is 24.1 Å². The molecule has 0 amide bonds. The van der Waals surface area contributed by atoms with Crippen LogP contribution in [-0.4, -0.2) is 16.4 Å². The van der Waals surface area contributed by atoms with Gasteiger partial charge in [-0.05, 0) is 12.7 Å². The number of nitrogens with zero attached hydrogens (tertiary/aromatic N) is 3. The van der Waals surface area contributed by atoms with Crippen LogP contribution in [0.2, 0.25) is 0 Å². The third kappa shape index (κ3) is 1.68. The molecule has 1 aliphatic rings. The van der Waals surface area contributed by atoms with Crippen LogP contribution in [0, 0.1) is 17.2 Å². The third-order valence-corrected chi connectivity index (χ3v) is 2.58. The van der Waals surface area contributed by atoms with Gasteiger partial charge in [0, 0.05) is 0 Å². The molecule has 2 rings (SSSR count). The molecule has 1 saturated carbocycles. The molecule has 1 aliphatic carbocycles. The standard InChI is InChI=1S/C8H9N3OS/c1-13-4-7-10-8(12-11-7)6-2-5(6)3-9/h5-6H,2,4H2,1H3. The first kappa shape index (κ1) is 8.57. The van der Waals surface area contributed by atoms with E-state index in [9.17, 15) is 0 Å². The molecule has 13 heavy (non-hydrogen) atoms. The van der Waals surface area contributed by atoms with E-state index < -0.39 is 0 Å². The molecule has 1 fully saturated rings. The highest BCUT2D eigenvalue weighted by Gasteiger charge is 2.43. The van der Waals surface area contributed by atoms with Crippen molar-refractivity contribution in [3.8, 4) is 6.07 Å². The lowest BCUT2D eigenvalue weighted by atomic mass is 10.3. The van der Waals surface area contributed by atoms with Crippen LogP contribution < -0.4 is 0 Å². The third-order valence-electron chi connectivity index (χ3n) is 2.03. The number of hydrogen-bond donors (Lipinski definition) is 0. The monoisotopic (exact) mass is 195 g/mol. The smallest absolute Gasteiger partial charge is 0.231 e. The van der Waals surface area contributed by atoms with Crippen molar-refractivity contribution in [1.82, 2.24) is 10.1 Å². The minimum absolute atomic E-state index is 0.0996. The van der Waals surface area contributed by atoms with Gasteiger partial charge in [0.15, 0.2) is 5.82 Å². The molecule has 1 aromatic heterocycles. The van der Waals surface area contributed by atoms with Gasteiger partial charge < -0.3 is 4.52 Å². The molecule has 2 atom stereocenters. The van der Waals surface area contributed by atoms with E-state index in [2.05, 4.69) is 16.2 Å². The fraction of sp³-hybridized carbons (Fsp3) is 0.625. The normalized spacial score (nSPS) is 25.5. The lowest BCUT2D eigenvalue weighted by Gasteiger charge is -1.84. The molecule has 4 nitrogen and oxygen atoms in total. The second kappa shape index (κ2) is 3.38. The fourth-order valence-corrected chi connectivity index (χ4v) is 1.59. The molecule has 0 aromatic carbocycles. The van der Waals surface area contributed by atoms with Crippen LogP contribution >= 0.6 is 11.8 Å². The zero-order chi connectivity index (χ0) is 9.26. The molecule has 2 unspecified atom stereocenters. The minimum Gasteiger partial charge on any atom is -0.339 e. The van der Waals surface area contributed by atoms with E-state index in [1.807, 2.05) is 6.26 Å². The summed E-state index contributed by atoms with van der Waals surface area (Å²) in [7, 11) is 0. The van der Waals surface area contributed by atoms with Gasteiger partial charge in [-0.2, -0.15) is 22.0 Å². The molecular weight excluding hydrogens is 186 g/mol. The van der Waals surface area contributed by atoms with Gasteiger partial charge in [-0.15, -0.1) is 0 Å². The van der Waals surface area contributed by atoms with Gasteiger partial charge in [-0.25, -0.2) is 0 Å². The number of thioether (sulfide) groups is 1. The number of nitriles is 1. The molecule has 0 spiro atoms. The topological polar surface area (TPSA) is 62.7 Å². The Morgan fingerprint density at radius 3 is 3.23 bits per heavy atom. The lowest BCUT2D eigenvalue weighted by Crippen LogP contribution is -1.84. The van der Waals surface area contributed by atoms with Crippen molar-refractivity contribution >= 4 is 11.8 Å². The van der Waals surface area contributed by atoms with Crippen LogP contribution in [0.25, 0.3) is 0 Å². The van der Waals surface area contributed by atoms with Gasteiger partial charge in [0.1, 0.15) is 0 Å². The number of aromatic nitrogens is 2. The molecule has 5 heteroatoms. The maximum Gasteiger partial charge on any atom is 0.231 e. The zero-order valence-corrected chi connectivity index (χ0v) is 8.04. The molecule has 0 N–H and O–H groups in total. The molecule has 0 saturated heterocycles. The van der Waals surface area contributed by atoms with E-state index >= 15 is 0 Å². The number of hydrogen-bond acceptors (Lipinski definition) is 5. The van der Waals surface area contributed by atoms with Gasteiger partial charge in [0.25, 0.3) is 0 Å². The van der Waals surface area contributed by atoms with Crippen molar-refractivity contribution in [1.29, 1.82) is 5.26 Å². The van der Waals surface area contributed by atoms with E-state index in [4.69, 9.17) is 9.78 Å². The summed E-state index contributed by atoms with van der Waals surface area (Å²) in [5.74, 6) is 2.44. The first-order valence-electron chi connectivity index (χ1n) is 4.06. The van der Waals surface area contributed by atoms with Crippen molar-refractivity contribution in [2.45, 2.75) is 18.1 Å². The van der Waals surface area contributed by atoms with E-state index in [-0.39, 0.29) is 11.8 Å². The van der Waals surface area contributed by atoms with Gasteiger partial charge in [0.2, 0.25) is 5.89 Å². The Kier molecular flexibility index (Phi) is 2.23. The number of rotatable bonds is 3. The van der Waals surface area contributed by atoms with Gasteiger partial charge in [0.05, 0.1) is 23.7 Å². The second-order valence-corrected chi connectivity index (χ2v) is 3.93. The van der Waals surface area contributed by atoms with Gasteiger partial charge in [-0.3, -0.25) is 0 Å². The van der Waals surface area contributed by atoms with Crippen LogP contribution in [0.15, 0.2) is 4.52 Å². The van der Waals surface area contributed by atoms with Crippen LogP contribution in [0.5, 0.6) is 0 Å². The quantitative estimate of drug-likeness (QED) is 0.732. The van der Waals surface area contributed by atoms with Crippen molar-refractivity contribution in [2.24, 2.45) is 5.92 Å². The summed E-state index contributed by atoms with van der Waals surface area (Å²) in [4.78, 5) is 4.21. The fourth-order valence-electron chi connectivity index (χ4n) is 1.22. The maximum absolute atomic E-state index is 8.60. The zero-order valence-electron chi connectivity index (χ0n) is 7.23. The van der Waals surface area contributed by atoms with Crippen LogP contribution in [0.3, 0.4) is 0 Å². The van der Waals surface area contributed by atoms with Crippen LogP contribution in [0.4, 0.5) is 0 Å². The van der Waals surface area contributed by atoms with E-state index in [1.165, 1.54) is 0 Å². The summed E-state index contributed by atoms with van der Waals surface area (Å²) in [6.07, 6.45) is 2.86. The Morgan fingerprint density at radius 1 is 1.77 bits per heavy atom. The molecular formula is C8H9N3OS. The predicted octanol–water partition coefficient (Wildman–Crippen LogP) is 1.56. The highest BCUT2D eigenvalue weighted by molar-refractivity contribution is 7.97. The molecule has 0 aliphatic heterocycles. The first-order chi connectivity index (χ1) is 6.35. The Morgan fingerprint density at radius 2 is 2.62 bits per heavy atom. The average molecular weight is 195 g/mol. The second-order valence-electron chi connectivity index (χ2n) is 3.06. The molecule has 68 valence electrons. The first-order valence-corrected chi connectivity index (χ1v) is 5.45. The van der Waals surface area contributed by atoms with Crippen molar-refractivity contribution in [3.63, 3.8) is 0 Å². The predicted molar refractivity (Wildman–Crippen MR) is 48.0 cm³/mol. The summed E-state index contributed by atoms with van der Waals surface area (Å²) in [6.45, 7) is 0. The minimum atomic E-state index is 0.0996. The van der Waals surface area contributed by atoms with Crippen molar-refractivity contribution < 1.29 is 4.52 Å². The molecule has 1 aromatic rings. The average Bonchev–Trinajstić information content (AvgIpc) is 2.80. The lowest BCUT2D eigenvalue weighted by molar-refractivity contribution is 0.373. The summed E-state index contributed by atoms with van der Waals surface area (Å²) in [5, 5.41) is 12.4. The molecule has 0 bridgehead atoms. The van der Waals surface area contributed by atoms with Gasteiger partial charge >= 0.3 is 0 Å². The highest BCUT2D eigenvalue weighted by Crippen LogP contribution is 2.45. The Bertz CT molecular complexity index is 343. The van der Waals surface area contributed by atoms with Gasteiger partial charge in [-0.1, -0.05) is 5.16 Å². The van der Waals surface area contributed by atoms with E-state index in [0.717, 1.165) is 18.0 Å². The summed E-state index contributed by atoms with van der Waals surface area (Å²) >= 11 is 1.66. The Hall–Kier alpha value is -1.02. The Balaban J connectivity index is 2.03. The summed E-state index contributed by atoms with van der Waals surface area (Å²) < 4.78 is 5.05. The van der Waals surface area contributed by atoms with Crippen molar-refractivity contribution in [2.75, 3.05) is 6.26 Å². The SMILES string of the molecule is CSCc1noc(C2CC2C#N)n1. The highest BCUT2D eigenvalue weighted by atomic mass is 32.2. The van der Waals surface area contributed by atoms with Crippen molar-refractivity contribution in [3.05, 3.63) is 11.7 Å².